The number of ether oxygens (including phenoxy) is 4. The zero-order valence-corrected chi connectivity index (χ0v) is 57.7. The first-order chi connectivity index (χ1) is 46.0. The number of benzene rings is 3. The molecule has 5 aromatic rings. The first-order valence-corrected chi connectivity index (χ1v) is 35.9. The molecule has 2 aromatic heterocycles. The molecule has 0 saturated carbocycles. The summed E-state index contributed by atoms with van der Waals surface area (Å²) in [5.74, 6) is -0.702. The molecule has 0 unspecified atom stereocenters. The highest BCUT2D eigenvalue weighted by Crippen LogP contribution is 2.30. The minimum atomic E-state index is -0.988. The lowest BCUT2D eigenvalue weighted by Gasteiger charge is -2.32. The van der Waals surface area contributed by atoms with Crippen molar-refractivity contribution in [1.29, 1.82) is 0 Å². The Morgan fingerprint density at radius 2 is 1.35 bits per heavy atom. The van der Waals surface area contributed by atoms with E-state index in [1.807, 2.05) is 91.7 Å². The van der Waals surface area contributed by atoms with Crippen LogP contribution in [0.4, 0.5) is 14.4 Å². The van der Waals surface area contributed by atoms with Gasteiger partial charge in [0, 0.05) is 91.6 Å². The van der Waals surface area contributed by atoms with Gasteiger partial charge < -0.3 is 66.4 Å². The van der Waals surface area contributed by atoms with Crippen LogP contribution >= 0.6 is 34.4 Å². The van der Waals surface area contributed by atoms with Gasteiger partial charge in [-0.2, -0.15) is 11.8 Å². The van der Waals surface area contributed by atoms with Gasteiger partial charge >= 0.3 is 24.1 Å². The zero-order valence-electron chi connectivity index (χ0n) is 55.2. The molecule has 9 amide bonds. The molecule has 516 valence electrons. The number of carbonyl (C=O) groups excluding carboxylic acids is 8. The molecular formula is C69H95N11O12S3. The number of nitrogens with one attached hydrogen (secondary N) is 8. The third-order valence-electron chi connectivity index (χ3n) is 16.2. The van der Waals surface area contributed by atoms with E-state index < -0.39 is 48.2 Å². The minimum absolute atomic E-state index is 0.0106. The van der Waals surface area contributed by atoms with Crippen molar-refractivity contribution in [1.82, 2.24) is 57.4 Å². The lowest BCUT2D eigenvalue weighted by atomic mass is 9.92. The zero-order chi connectivity index (χ0) is 67.7. The molecule has 7 atom stereocenters. The number of unbranched alkanes of at least 4 members (excludes halogenated alkanes) is 3. The largest absolute Gasteiger partial charge is 0.460 e. The van der Waals surface area contributed by atoms with E-state index in [4.69, 9.17) is 18.9 Å². The van der Waals surface area contributed by atoms with Gasteiger partial charge in [-0.1, -0.05) is 101 Å². The molecule has 8 N–H and O–H groups in total. The van der Waals surface area contributed by atoms with Crippen molar-refractivity contribution in [3.63, 3.8) is 0 Å². The third kappa shape index (κ3) is 27.2. The van der Waals surface area contributed by atoms with Crippen molar-refractivity contribution in [2.24, 2.45) is 5.92 Å². The number of alkyl carbamates (subject to hydrolysis) is 1. The molecule has 2 fully saturated rings. The summed E-state index contributed by atoms with van der Waals surface area (Å²) in [7, 11) is 1.66. The smallest absolute Gasteiger partial charge is 0.407 e. The van der Waals surface area contributed by atoms with Crippen LogP contribution < -0.4 is 42.5 Å². The maximum absolute atomic E-state index is 14.5. The summed E-state index contributed by atoms with van der Waals surface area (Å²) in [5, 5.41) is 27.3. The number of nitrogens with zero attached hydrogens (tertiary/aromatic N) is 3. The van der Waals surface area contributed by atoms with E-state index in [1.54, 1.807) is 54.4 Å². The molecule has 2 aliphatic rings. The Morgan fingerprint density at radius 3 is 2.00 bits per heavy atom. The number of hydrogen-bond donors (Lipinski definition) is 8. The summed E-state index contributed by atoms with van der Waals surface area (Å²) in [6.07, 6.45) is 7.57. The van der Waals surface area contributed by atoms with Crippen LogP contribution in [0.3, 0.4) is 0 Å². The average Bonchev–Trinajstić information content (AvgIpc) is 1.94. The van der Waals surface area contributed by atoms with Crippen molar-refractivity contribution < 1.29 is 57.3 Å². The monoisotopic (exact) mass is 1370 g/mol. The number of esters is 1. The van der Waals surface area contributed by atoms with E-state index >= 15 is 0 Å². The van der Waals surface area contributed by atoms with E-state index in [1.165, 1.54) is 16.2 Å². The van der Waals surface area contributed by atoms with E-state index in [2.05, 4.69) is 66.3 Å². The molecular weight excluding hydrogens is 1270 g/mol. The van der Waals surface area contributed by atoms with Gasteiger partial charge in [0.1, 0.15) is 18.8 Å². The summed E-state index contributed by atoms with van der Waals surface area (Å²) in [6, 6.07) is 22.9. The number of carbonyl (C=O) groups is 8. The standard InChI is InChI=1S/C69H95N11O12S3/c1-46(2)62(79-68(87)80(5)41-53-43-94-66(75-53)47(3)4)65(85)74-52(37-48-17-9-6-10-18-48)39-59(57(38-49-19-11-7-12-20-49)78-69(88)91-42-55-40-70-45-95-55)92-61(82)23-13-8-16-30-72-63(83)50-24-26-51(27-25-50)64(84)73-32-34-90-36-35-89-33-31-71-60(81)22-15-14-21-54-28-29-56-58(44-93-54)77-67(86)76-56/h6-7,9-12,17-20,24-27,40,43,45-47,52,54,56-59,62H,8,13-16,21-23,28-39,41-42,44H2,1-5H3,(H,71,81)(H,72,83)(H,73,84)(H,74,85)(H,78,88)(H,79,87)(H2,76,77,86)/t52-,54-,56-,57-,58-,59-,62-/m0/s1. The van der Waals surface area contributed by atoms with Crippen LogP contribution in [0, 0.1) is 5.92 Å². The first-order valence-electron chi connectivity index (χ1n) is 33.1. The van der Waals surface area contributed by atoms with Gasteiger partial charge in [0.15, 0.2) is 0 Å². The van der Waals surface area contributed by atoms with Gasteiger partial charge in [0.2, 0.25) is 11.8 Å². The Bertz CT molecular complexity index is 3140. The van der Waals surface area contributed by atoms with Gasteiger partial charge in [-0.15, -0.1) is 22.7 Å². The van der Waals surface area contributed by atoms with Gasteiger partial charge in [-0.05, 0) is 92.7 Å². The van der Waals surface area contributed by atoms with Gasteiger partial charge in [-0.25, -0.2) is 19.4 Å². The number of thiazole rings is 2. The van der Waals surface area contributed by atoms with Crippen molar-refractivity contribution in [2.45, 2.75) is 172 Å². The van der Waals surface area contributed by atoms with E-state index in [0.717, 1.165) is 64.6 Å². The van der Waals surface area contributed by atoms with E-state index in [9.17, 15) is 38.4 Å². The van der Waals surface area contributed by atoms with Crippen LogP contribution in [0.1, 0.15) is 152 Å². The molecule has 0 radical (unpaired) electrons. The fourth-order valence-electron chi connectivity index (χ4n) is 11.0. The number of aromatic nitrogens is 2. The normalized spacial score (nSPS) is 16.4. The molecule has 0 aliphatic carbocycles. The Morgan fingerprint density at radius 1 is 0.695 bits per heavy atom. The Labute approximate surface area is 570 Å². The molecule has 4 heterocycles. The van der Waals surface area contributed by atoms with Crippen LogP contribution in [-0.2, 0) is 59.3 Å². The topological polar surface area (TPSA) is 299 Å². The molecule has 95 heavy (non-hydrogen) atoms. The Kier molecular flexibility index (Phi) is 32.0. The van der Waals surface area contributed by atoms with Crippen molar-refractivity contribution in [2.75, 3.05) is 58.9 Å². The van der Waals surface area contributed by atoms with Crippen LogP contribution in [0.25, 0.3) is 0 Å². The predicted molar refractivity (Wildman–Crippen MR) is 368 cm³/mol. The quantitative estimate of drug-likeness (QED) is 0.0134. The van der Waals surface area contributed by atoms with Crippen molar-refractivity contribution >= 4 is 82.2 Å². The van der Waals surface area contributed by atoms with Gasteiger partial charge in [0.05, 0.1) is 72.2 Å². The maximum atomic E-state index is 14.5. The van der Waals surface area contributed by atoms with Gasteiger partial charge in [0.25, 0.3) is 11.8 Å². The molecule has 2 saturated heterocycles. The highest BCUT2D eigenvalue weighted by Gasteiger charge is 2.36. The molecule has 2 aliphatic heterocycles. The molecule has 0 bridgehead atoms. The average molecular weight is 1370 g/mol. The number of rotatable bonds is 40. The van der Waals surface area contributed by atoms with Crippen LogP contribution in [0.5, 0.6) is 0 Å². The maximum Gasteiger partial charge on any atom is 0.407 e. The fourth-order valence-corrected chi connectivity index (χ4v) is 13.7. The number of amides is 9. The number of fused-ring (bicyclic) bond motifs is 1. The van der Waals surface area contributed by atoms with E-state index in [0.29, 0.717) is 81.4 Å². The Hall–Kier alpha value is -7.65. The molecule has 3 aromatic carbocycles. The second-order valence-electron chi connectivity index (χ2n) is 24.6. The summed E-state index contributed by atoms with van der Waals surface area (Å²) in [5.41, 5.74) is 4.92. The van der Waals surface area contributed by atoms with Crippen LogP contribution in [0.2, 0.25) is 0 Å². The second kappa shape index (κ2) is 40.7. The minimum Gasteiger partial charge on any atom is -0.460 e. The number of urea groups is 2. The van der Waals surface area contributed by atoms with Crippen molar-refractivity contribution in [3.05, 3.63) is 140 Å². The Balaban J connectivity index is 0.835. The number of hydrogen-bond acceptors (Lipinski definition) is 17. The predicted octanol–water partition coefficient (Wildman–Crippen LogP) is 8.83. The summed E-state index contributed by atoms with van der Waals surface area (Å²) < 4.78 is 23.3. The summed E-state index contributed by atoms with van der Waals surface area (Å²) >= 11 is 4.81. The van der Waals surface area contributed by atoms with Gasteiger partial charge in [-0.3, -0.25) is 29.0 Å². The molecule has 7 rings (SSSR count). The first kappa shape index (κ1) is 74.7. The van der Waals surface area contributed by atoms with Crippen LogP contribution in [-0.4, -0.2) is 163 Å². The molecule has 0 spiro atoms. The fraction of sp³-hybridized carbons (Fsp3) is 0.536. The molecule has 26 heteroatoms. The summed E-state index contributed by atoms with van der Waals surface area (Å²) in [4.78, 5) is 117. The molecule has 23 nitrogen and oxygen atoms in total. The second-order valence-corrected chi connectivity index (χ2v) is 27.8. The lowest BCUT2D eigenvalue weighted by molar-refractivity contribution is -0.151. The van der Waals surface area contributed by atoms with Crippen LogP contribution in [0.15, 0.2) is 102 Å². The highest BCUT2D eigenvalue weighted by atomic mass is 32.2. The SMILES string of the molecule is CC(C)c1nc(CN(C)C(=O)N[C@H](C(=O)N[C@@H](Cc2ccccc2)C[C@H](OC(=O)CCCCCNC(=O)c2ccc(C(=O)NCCOCCOCCNC(=O)CCCC[C@H]3CC[C@@H]4NC(=O)N[C@H]4CS3)cc2)[C@H](Cc2ccccc2)NC(=O)OCc2cncs2)C(C)C)cs1. The number of thioether (sulfide) groups is 1. The van der Waals surface area contributed by atoms with E-state index in [-0.39, 0.29) is 93.2 Å². The van der Waals surface area contributed by atoms with Crippen molar-refractivity contribution in [3.8, 4) is 0 Å². The third-order valence-corrected chi connectivity index (χ3v) is 19.7. The lowest BCUT2D eigenvalue weighted by Crippen LogP contribution is -2.56. The summed E-state index contributed by atoms with van der Waals surface area (Å²) in [6.45, 7) is 10.4. The highest BCUT2D eigenvalue weighted by molar-refractivity contribution is 7.99.